The van der Waals surface area contributed by atoms with Crippen LogP contribution in [-0.2, 0) is 6.42 Å². The molecule has 0 fully saturated rings. The highest BCUT2D eigenvalue weighted by Crippen LogP contribution is 2.19. The molecule has 0 aliphatic carbocycles. The van der Waals surface area contributed by atoms with Gasteiger partial charge in [0.15, 0.2) is 0 Å². The predicted octanol–water partition coefficient (Wildman–Crippen LogP) is 2.17. The number of aliphatic hydroxyl groups is 1. The summed E-state index contributed by atoms with van der Waals surface area (Å²) < 4.78 is 0. The van der Waals surface area contributed by atoms with Crippen LogP contribution in [0.25, 0.3) is 11.0 Å². The van der Waals surface area contributed by atoms with E-state index >= 15 is 0 Å². The number of nitrogens with zero attached hydrogens (tertiary/aromatic N) is 1. The molecule has 3 rings (SSSR count). The minimum atomic E-state index is -0.803. The van der Waals surface area contributed by atoms with Crippen LogP contribution in [0.2, 0.25) is 0 Å². The van der Waals surface area contributed by atoms with Crippen LogP contribution in [0.3, 0.4) is 0 Å². The third kappa shape index (κ3) is 2.57. The number of hydrogen-bond acceptors (Lipinski definition) is 3. The van der Waals surface area contributed by atoms with E-state index in [-0.39, 0.29) is 0 Å². The standard InChI is InChI=1S/C16H17N3O/c17-12(10-11-6-2-1-3-7-11)15(20)16-18-13-8-4-5-9-14(13)19-16/h1-9,12,15,20H,10,17H2,(H,18,19)/t12-,15?/m0/s1. The number of aliphatic hydroxyl groups excluding tert-OH is 1. The molecule has 102 valence electrons. The lowest BCUT2D eigenvalue weighted by molar-refractivity contribution is 0.138. The summed E-state index contributed by atoms with van der Waals surface area (Å²) in [6, 6.07) is 17.2. The van der Waals surface area contributed by atoms with Crippen molar-refractivity contribution >= 4 is 11.0 Å². The number of benzene rings is 2. The van der Waals surface area contributed by atoms with Gasteiger partial charge in [0.1, 0.15) is 11.9 Å². The molecular formula is C16H17N3O. The van der Waals surface area contributed by atoms with E-state index in [1.807, 2.05) is 54.6 Å². The Kier molecular flexibility index (Phi) is 3.50. The molecule has 4 heteroatoms. The first kappa shape index (κ1) is 12.8. The maximum Gasteiger partial charge on any atom is 0.137 e. The number of H-pyrrole nitrogens is 1. The van der Waals surface area contributed by atoms with E-state index in [1.54, 1.807) is 0 Å². The van der Waals surface area contributed by atoms with Gasteiger partial charge in [-0.3, -0.25) is 0 Å². The van der Waals surface area contributed by atoms with Gasteiger partial charge in [-0.05, 0) is 24.1 Å². The first-order valence-electron chi connectivity index (χ1n) is 6.66. The molecule has 0 spiro atoms. The summed E-state index contributed by atoms with van der Waals surface area (Å²) in [6.45, 7) is 0. The highest BCUT2D eigenvalue weighted by atomic mass is 16.3. The summed E-state index contributed by atoms with van der Waals surface area (Å²) >= 11 is 0. The zero-order valence-electron chi connectivity index (χ0n) is 11.0. The van der Waals surface area contributed by atoms with Gasteiger partial charge in [0.05, 0.1) is 11.0 Å². The van der Waals surface area contributed by atoms with Crippen molar-refractivity contribution in [2.45, 2.75) is 18.6 Å². The van der Waals surface area contributed by atoms with Crippen molar-refractivity contribution in [1.82, 2.24) is 9.97 Å². The van der Waals surface area contributed by atoms with Crippen molar-refractivity contribution in [1.29, 1.82) is 0 Å². The molecule has 0 aliphatic rings. The Hall–Kier alpha value is -2.17. The number of aromatic nitrogens is 2. The molecule has 2 aromatic carbocycles. The zero-order chi connectivity index (χ0) is 13.9. The van der Waals surface area contributed by atoms with Gasteiger partial charge >= 0.3 is 0 Å². The van der Waals surface area contributed by atoms with E-state index < -0.39 is 12.1 Å². The van der Waals surface area contributed by atoms with Crippen molar-refractivity contribution in [3.8, 4) is 0 Å². The summed E-state index contributed by atoms with van der Waals surface area (Å²) in [6.07, 6.45) is -0.193. The van der Waals surface area contributed by atoms with Crippen LogP contribution in [0.15, 0.2) is 54.6 Å². The van der Waals surface area contributed by atoms with E-state index in [0.717, 1.165) is 16.6 Å². The topological polar surface area (TPSA) is 74.9 Å². The van der Waals surface area contributed by atoms with E-state index in [4.69, 9.17) is 5.73 Å². The van der Waals surface area contributed by atoms with Gasteiger partial charge < -0.3 is 15.8 Å². The number of aromatic amines is 1. The maximum absolute atomic E-state index is 10.3. The molecular weight excluding hydrogens is 250 g/mol. The van der Waals surface area contributed by atoms with Crippen LogP contribution in [0.5, 0.6) is 0 Å². The molecule has 4 nitrogen and oxygen atoms in total. The fraction of sp³-hybridized carbons (Fsp3) is 0.188. The van der Waals surface area contributed by atoms with Gasteiger partial charge in [0.2, 0.25) is 0 Å². The van der Waals surface area contributed by atoms with Crippen LogP contribution in [0, 0.1) is 0 Å². The lowest BCUT2D eigenvalue weighted by Crippen LogP contribution is -2.31. The number of imidazole rings is 1. The lowest BCUT2D eigenvalue weighted by Gasteiger charge is -2.16. The molecule has 0 amide bonds. The largest absolute Gasteiger partial charge is 0.384 e. The normalized spacial score (nSPS) is 14.3. The van der Waals surface area contributed by atoms with Crippen molar-refractivity contribution < 1.29 is 5.11 Å². The molecule has 2 atom stereocenters. The van der Waals surface area contributed by atoms with Gasteiger partial charge in [-0.2, -0.15) is 0 Å². The number of nitrogens with two attached hydrogens (primary N) is 1. The third-order valence-corrected chi connectivity index (χ3v) is 3.41. The van der Waals surface area contributed by atoms with E-state index in [9.17, 15) is 5.11 Å². The summed E-state index contributed by atoms with van der Waals surface area (Å²) in [5.74, 6) is 0.523. The Morgan fingerprint density at radius 1 is 1.05 bits per heavy atom. The second-order valence-corrected chi connectivity index (χ2v) is 4.94. The van der Waals surface area contributed by atoms with Crippen LogP contribution < -0.4 is 5.73 Å². The molecule has 1 heterocycles. The quantitative estimate of drug-likeness (QED) is 0.678. The van der Waals surface area contributed by atoms with Gasteiger partial charge in [-0.15, -0.1) is 0 Å². The fourth-order valence-corrected chi connectivity index (χ4v) is 2.31. The number of hydrogen-bond donors (Lipinski definition) is 3. The average Bonchev–Trinajstić information content (AvgIpc) is 2.91. The fourth-order valence-electron chi connectivity index (χ4n) is 2.31. The highest BCUT2D eigenvalue weighted by Gasteiger charge is 2.20. The second-order valence-electron chi connectivity index (χ2n) is 4.94. The molecule has 0 bridgehead atoms. The molecule has 0 aliphatic heterocycles. The summed E-state index contributed by atoms with van der Waals surface area (Å²) in [5, 5.41) is 10.3. The Labute approximate surface area is 117 Å². The average molecular weight is 267 g/mol. The molecule has 1 unspecified atom stereocenters. The number of para-hydroxylation sites is 2. The second kappa shape index (κ2) is 5.45. The first-order valence-corrected chi connectivity index (χ1v) is 6.66. The van der Waals surface area contributed by atoms with Crippen LogP contribution in [0.1, 0.15) is 17.5 Å². The van der Waals surface area contributed by atoms with Crippen LogP contribution in [0.4, 0.5) is 0 Å². The molecule has 1 aromatic heterocycles. The molecule has 4 N–H and O–H groups in total. The Bertz CT molecular complexity index is 660. The maximum atomic E-state index is 10.3. The summed E-state index contributed by atoms with van der Waals surface area (Å²) in [5.41, 5.74) is 8.95. The molecule has 0 saturated heterocycles. The van der Waals surface area contributed by atoms with Gasteiger partial charge in [0.25, 0.3) is 0 Å². The van der Waals surface area contributed by atoms with Gasteiger partial charge in [-0.1, -0.05) is 42.5 Å². The van der Waals surface area contributed by atoms with Gasteiger partial charge in [0, 0.05) is 6.04 Å². The van der Waals surface area contributed by atoms with Crippen molar-refractivity contribution in [3.63, 3.8) is 0 Å². The summed E-state index contributed by atoms with van der Waals surface area (Å²) in [4.78, 5) is 7.51. The smallest absolute Gasteiger partial charge is 0.137 e. The Morgan fingerprint density at radius 2 is 1.75 bits per heavy atom. The predicted molar refractivity (Wildman–Crippen MR) is 79.2 cm³/mol. The Morgan fingerprint density at radius 3 is 2.50 bits per heavy atom. The number of rotatable bonds is 4. The van der Waals surface area contributed by atoms with E-state index in [2.05, 4.69) is 9.97 Å². The SMILES string of the molecule is N[C@@H](Cc1ccccc1)C(O)c1nc2ccccc2[nH]1. The third-order valence-electron chi connectivity index (χ3n) is 3.41. The number of fused-ring (bicyclic) bond motifs is 1. The van der Waals surface area contributed by atoms with Gasteiger partial charge in [-0.25, -0.2) is 4.98 Å². The first-order chi connectivity index (χ1) is 9.74. The van der Waals surface area contributed by atoms with E-state index in [0.29, 0.717) is 12.2 Å². The lowest BCUT2D eigenvalue weighted by atomic mass is 10.0. The molecule has 20 heavy (non-hydrogen) atoms. The molecule has 3 aromatic rings. The van der Waals surface area contributed by atoms with Crippen molar-refractivity contribution in [3.05, 3.63) is 66.0 Å². The minimum Gasteiger partial charge on any atom is -0.384 e. The summed E-state index contributed by atoms with van der Waals surface area (Å²) in [7, 11) is 0. The zero-order valence-corrected chi connectivity index (χ0v) is 11.0. The monoisotopic (exact) mass is 267 g/mol. The van der Waals surface area contributed by atoms with Crippen molar-refractivity contribution in [2.24, 2.45) is 5.73 Å². The molecule has 0 radical (unpaired) electrons. The van der Waals surface area contributed by atoms with Crippen molar-refractivity contribution in [2.75, 3.05) is 0 Å². The van der Waals surface area contributed by atoms with E-state index in [1.165, 1.54) is 0 Å². The minimum absolute atomic E-state index is 0.391. The number of nitrogens with one attached hydrogen (secondary N) is 1. The Balaban J connectivity index is 1.79. The molecule has 0 saturated carbocycles. The van der Waals surface area contributed by atoms with Crippen LogP contribution in [-0.4, -0.2) is 21.1 Å². The van der Waals surface area contributed by atoms with Crippen LogP contribution >= 0.6 is 0 Å². The highest BCUT2D eigenvalue weighted by molar-refractivity contribution is 5.74.